The number of carbonyl (C=O) groups excluding carboxylic acids is 2. The lowest BCUT2D eigenvalue weighted by Gasteiger charge is -2.12. The van der Waals surface area contributed by atoms with Crippen LogP contribution in [0.1, 0.15) is 27.6 Å². The van der Waals surface area contributed by atoms with E-state index in [2.05, 4.69) is 10.1 Å². The van der Waals surface area contributed by atoms with Gasteiger partial charge in [0.1, 0.15) is 5.56 Å². The van der Waals surface area contributed by atoms with Crippen molar-refractivity contribution in [3.05, 3.63) is 63.9 Å². The van der Waals surface area contributed by atoms with E-state index in [9.17, 15) is 14.4 Å². The van der Waals surface area contributed by atoms with Crippen LogP contribution < -0.4 is 20.2 Å². The lowest BCUT2D eigenvalue weighted by atomic mass is 10.1. The molecule has 1 aliphatic rings. The fourth-order valence-electron chi connectivity index (χ4n) is 3.21. The first-order valence-electron chi connectivity index (χ1n) is 8.98. The van der Waals surface area contributed by atoms with Crippen LogP contribution in [0.15, 0.2) is 47.4 Å². The van der Waals surface area contributed by atoms with Gasteiger partial charge in [0.25, 0.3) is 5.91 Å². The van der Waals surface area contributed by atoms with Crippen LogP contribution in [0.2, 0.25) is 0 Å². The molecule has 1 N–H and O–H groups in total. The van der Waals surface area contributed by atoms with Gasteiger partial charge in [-0.05, 0) is 37.3 Å². The fraction of sp³-hybridized carbons (Fsp3) is 0.190. The molecule has 1 amide bonds. The minimum absolute atomic E-state index is 0.00950. The number of pyridine rings is 1. The van der Waals surface area contributed by atoms with Crippen LogP contribution in [0.3, 0.4) is 0 Å². The summed E-state index contributed by atoms with van der Waals surface area (Å²) >= 11 is 0. The molecule has 29 heavy (non-hydrogen) atoms. The SMILES string of the molecule is CCn1cc(C(=O)Nc2ccc(C(=O)OC)cc2)c(=O)c2cc3c(cc21)OCO3. The van der Waals surface area contributed by atoms with E-state index >= 15 is 0 Å². The lowest BCUT2D eigenvalue weighted by molar-refractivity contribution is 0.0600. The Morgan fingerprint density at radius 3 is 2.48 bits per heavy atom. The van der Waals surface area contributed by atoms with Crippen molar-refractivity contribution in [1.82, 2.24) is 4.57 Å². The molecule has 0 unspecified atom stereocenters. The summed E-state index contributed by atoms with van der Waals surface area (Å²) in [5, 5.41) is 3.07. The van der Waals surface area contributed by atoms with Gasteiger partial charge in [0, 0.05) is 24.5 Å². The maximum atomic E-state index is 13.0. The largest absolute Gasteiger partial charge is 0.465 e. The number of nitrogens with zero attached hydrogens (tertiary/aromatic N) is 1. The van der Waals surface area contributed by atoms with E-state index in [4.69, 9.17) is 9.47 Å². The third-order valence-electron chi connectivity index (χ3n) is 4.72. The molecule has 0 radical (unpaired) electrons. The maximum Gasteiger partial charge on any atom is 0.337 e. The predicted molar refractivity (Wildman–Crippen MR) is 106 cm³/mol. The van der Waals surface area contributed by atoms with Crippen molar-refractivity contribution >= 4 is 28.5 Å². The third-order valence-corrected chi connectivity index (χ3v) is 4.72. The molecule has 1 aromatic heterocycles. The van der Waals surface area contributed by atoms with E-state index in [1.807, 2.05) is 11.5 Å². The Hall–Kier alpha value is -3.81. The minimum Gasteiger partial charge on any atom is -0.465 e. The Kier molecular flexibility index (Phi) is 4.67. The molecule has 4 rings (SSSR count). The number of amides is 1. The van der Waals surface area contributed by atoms with Crippen molar-refractivity contribution in [2.75, 3.05) is 19.2 Å². The van der Waals surface area contributed by atoms with E-state index < -0.39 is 17.3 Å². The number of anilines is 1. The Labute approximate surface area is 165 Å². The van der Waals surface area contributed by atoms with Gasteiger partial charge in [-0.1, -0.05) is 0 Å². The van der Waals surface area contributed by atoms with Gasteiger partial charge in [-0.2, -0.15) is 0 Å². The van der Waals surface area contributed by atoms with Crippen molar-refractivity contribution < 1.29 is 23.8 Å². The maximum absolute atomic E-state index is 13.0. The zero-order valence-corrected chi connectivity index (χ0v) is 15.9. The van der Waals surface area contributed by atoms with E-state index in [-0.39, 0.29) is 12.4 Å². The monoisotopic (exact) mass is 394 g/mol. The van der Waals surface area contributed by atoms with E-state index in [1.165, 1.54) is 25.4 Å². The molecular weight excluding hydrogens is 376 g/mol. The molecule has 8 heteroatoms. The van der Waals surface area contributed by atoms with Crippen LogP contribution in [-0.4, -0.2) is 30.3 Å². The van der Waals surface area contributed by atoms with Crippen molar-refractivity contribution in [3.8, 4) is 11.5 Å². The fourth-order valence-corrected chi connectivity index (χ4v) is 3.21. The first-order chi connectivity index (χ1) is 14.0. The first kappa shape index (κ1) is 18.5. The molecule has 148 valence electrons. The number of nitrogens with one attached hydrogen (secondary N) is 1. The van der Waals surface area contributed by atoms with Crippen LogP contribution >= 0.6 is 0 Å². The normalized spacial score (nSPS) is 12.1. The number of esters is 1. The highest BCUT2D eigenvalue weighted by Crippen LogP contribution is 2.35. The predicted octanol–water partition coefficient (Wildman–Crippen LogP) is 2.79. The van der Waals surface area contributed by atoms with Crippen LogP contribution in [-0.2, 0) is 11.3 Å². The molecule has 0 saturated heterocycles. The molecular formula is C21H18N2O6. The Morgan fingerprint density at radius 1 is 1.14 bits per heavy atom. The number of aromatic nitrogens is 1. The molecule has 1 aliphatic heterocycles. The van der Waals surface area contributed by atoms with Crippen molar-refractivity contribution in [3.63, 3.8) is 0 Å². The van der Waals surface area contributed by atoms with Gasteiger partial charge >= 0.3 is 5.97 Å². The summed E-state index contributed by atoms with van der Waals surface area (Å²) in [5.74, 6) is 0.0414. The molecule has 0 spiro atoms. The summed E-state index contributed by atoms with van der Waals surface area (Å²) in [5.41, 5.74) is 1.10. The molecule has 0 aliphatic carbocycles. The number of carbonyl (C=O) groups is 2. The summed E-state index contributed by atoms with van der Waals surface area (Å²) in [6, 6.07) is 9.56. The smallest absolute Gasteiger partial charge is 0.337 e. The molecule has 0 fully saturated rings. The van der Waals surface area contributed by atoms with Gasteiger partial charge < -0.3 is 24.1 Å². The lowest BCUT2D eigenvalue weighted by Crippen LogP contribution is -2.24. The standard InChI is InChI=1S/C21H18N2O6/c1-3-23-10-15(19(24)14-8-17-18(9-16(14)23)29-11-28-17)20(25)22-13-6-4-12(5-7-13)21(26)27-2/h4-10H,3,11H2,1-2H3,(H,22,25). The summed E-state index contributed by atoms with van der Waals surface area (Å²) < 4.78 is 17.2. The van der Waals surface area contributed by atoms with E-state index in [1.54, 1.807) is 24.3 Å². The van der Waals surface area contributed by atoms with Crippen molar-refractivity contribution in [2.24, 2.45) is 0 Å². The average molecular weight is 394 g/mol. The van der Waals surface area contributed by atoms with Gasteiger partial charge in [-0.25, -0.2) is 4.79 Å². The van der Waals surface area contributed by atoms with Gasteiger partial charge in [0.15, 0.2) is 11.5 Å². The highest BCUT2D eigenvalue weighted by Gasteiger charge is 2.20. The summed E-state index contributed by atoms with van der Waals surface area (Å²) in [7, 11) is 1.29. The summed E-state index contributed by atoms with van der Waals surface area (Å²) in [6.45, 7) is 2.58. The zero-order valence-electron chi connectivity index (χ0n) is 15.9. The second-order valence-electron chi connectivity index (χ2n) is 6.40. The van der Waals surface area contributed by atoms with E-state index in [0.717, 1.165) is 0 Å². The first-order valence-corrected chi connectivity index (χ1v) is 8.98. The van der Waals surface area contributed by atoms with Gasteiger partial charge in [-0.3, -0.25) is 9.59 Å². The van der Waals surface area contributed by atoms with Gasteiger partial charge in [-0.15, -0.1) is 0 Å². The average Bonchev–Trinajstić information content (AvgIpc) is 3.20. The van der Waals surface area contributed by atoms with Crippen LogP contribution in [0.5, 0.6) is 11.5 Å². The number of hydrogen-bond acceptors (Lipinski definition) is 6. The highest BCUT2D eigenvalue weighted by atomic mass is 16.7. The second kappa shape index (κ2) is 7.31. The topological polar surface area (TPSA) is 95.9 Å². The molecule has 0 atom stereocenters. The van der Waals surface area contributed by atoms with Crippen LogP contribution in [0.4, 0.5) is 5.69 Å². The number of aryl methyl sites for hydroxylation is 1. The number of hydrogen-bond donors (Lipinski definition) is 1. The Balaban J connectivity index is 1.70. The molecule has 8 nitrogen and oxygen atoms in total. The minimum atomic E-state index is -0.539. The summed E-state index contributed by atoms with van der Waals surface area (Å²) in [6.07, 6.45) is 1.53. The number of fused-ring (bicyclic) bond motifs is 2. The van der Waals surface area contributed by atoms with Gasteiger partial charge in [0.2, 0.25) is 12.2 Å². The quantitative estimate of drug-likeness (QED) is 0.684. The second-order valence-corrected chi connectivity index (χ2v) is 6.40. The highest BCUT2D eigenvalue weighted by molar-refractivity contribution is 6.06. The van der Waals surface area contributed by atoms with Gasteiger partial charge in [0.05, 0.1) is 23.6 Å². The number of rotatable bonds is 4. The molecule has 2 aromatic carbocycles. The Morgan fingerprint density at radius 2 is 1.83 bits per heavy atom. The Bertz CT molecular complexity index is 1180. The molecule has 0 saturated carbocycles. The number of methoxy groups -OCH3 is 1. The molecule has 2 heterocycles. The van der Waals surface area contributed by atoms with Crippen LogP contribution in [0.25, 0.3) is 10.9 Å². The molecule has 0 bridgehead atoms. The van der Waals surface area contributed by atoms with Crippen molar-refractivity contribution in [1.29, 1.82) is 0 Å². The van der Waals surface area contributed by atoms with Crippen LogP contribution in [0, 0.1) is 0 Å². The third kappa shape index (κ3) is 3.29. The van der Waals surface area contributed by atoms with Crippen molar-refractivity contribution in [2.45, 2.75) is 13.5 Å². The molecule has 3 aromatic rings. The number of benzene rings is 2. The summed E-state index contributed by atoms with van der Waals surface area (Å²) in [4.78, 5) is 37.3. The number of ether oxygens (including phenoxy) is 3. The van der Waals surface area contributed by atoms with E-state index in [0.29, 0.717) is 40.2 Å². The zero-order chi connectivity index (χ0) is 20.5.